The molecule has 0 bridgehead atoms. The molecule has 3 heteroatoms. The molecule has 0 aliphatic carbocycles. The summed E-state index contributed by atoms with van der Waals surface area (Å²) in [4.78, 5) is 4.57. The van der Waals surface area contributed by atoms with Crippen molar-refractivity contribution in [1.29, 1.82) is 0 Å². The van der Waals surface area contributed by atoms with E-state index in [1.807, 2.05) is 23.5 Å². The Morgan fingerprint density at radius 3 is 2.82 bits per heavy atom. The third-order valence-electron chi connectivity index (χ3n) is 1.87. The van der Waals surface area contributed by atoms with Gasteiger partial charge in [-0.3, -0.25) is 4.99 Å². The Balaban J connectivity index is 2.29. The first-order valence-corrected chi connectivity index (χ1v) is 6.26. The summed E-state index contributed by atoms with van der Waals surface area (Å²) in [6.45, 7) is 4.37. The molecule has 0 aromatic carbocycles. The normalized spacial score (nSPS) is 30.6. The zero-order valence-electron chi connectivity index (χ0n) is 7.33. The minimum atomic E-state index is 0.553. The largest absolute Gasteiger partial charge is 0.279 e. The van der Waals surface area contributed by atoms with Gasteiger partial charge >= 0.3 is 0 Å². The molecular formula is C8H15NS2. The molecule has 1 nitrogen and oxygen atoms in total. The zero-order valence-corrected chi connectivity index (χ0v) is 8.97. The fourth-order valence-electron chi connectivity index (χ4n) is 1.05. The fraction of sp³-hybridized carbons (Fsp3) is 0.875. The molecule has 0 aromatic rings. The van der Waals surface area contributed by atoms with Gasteiger partial charge in [0.2, 0.25) is 0 Å². The third-order valence-corrected chi connectivity index (χ3v) is 3.91. The number of thioether (sulfide) groups is 2. The average Bonchev–Trinajstić information content (AvgIpc) is 2.28. The van der Waals surface area contributed by atoms with E-state index >= 15 is 0 Å². The van der Waals surface area contributed by atoms with E-state index in [1.165, 1.54) is 17.9 Å². The Morgan fingerprint density at radius 2 is 2.36 bits per heavy atom. The predicted octanol–water partition coefficient (Wildman–Crippen LogP) is 2.66. The second-order valence-corrected chi connectivity index (χ2v) is 5.29. The molecule has 1 aliphatic rings. The van der Waals surface area contributed by atoms with Gasteiger partial charge in [0.1, 0.15) is 0 Å². The Hall–Kier alpha value is 0.370. The van der Waals surface area contributed by atoms with Gasteiger partial charge < -0.3 is 0 Å². The topological polar surface area (TPSA) is 12.4 Å². The van der Waals surface area contributed by atoms with Gasteiger partial charge in [-0.15, -0.1) is 11.8 Å². The maximum Gasteiger partial charge on any atom is 0.0965 e. The molecule has 0 fully saturated rings. The second kappa shape index (κ2) is 4.41. The molecular weight excluding hydrogens is 174 g/mol. The fourth-order valence-corrected chi connectivity index (χ4v) is 2.87. The van der Waals surface area contributed by atoms with Crippen LogP contribution >= 0.6 is 23.5 Å². The van der Waals surface area contributed by atoms with Crippen molar-refractivity contribution in [3.63, 3.8) is 0 Å². The van der Waals surface area contributed by atoms with Gasteiger partial charge in [0.05, 0.1) is 5.37 Å². The lowest BCUT2D eigenvalue weighted by Gasteiger charge is -2.05. The first-order valence-electron chi connectivity index (χ1n) is 3.92. The number of aliphatic imine (C=N–C) groups is 1. The van der Waals surface area contributed by atoms with Crippen LogP contribution in [0.4, 0.5) is 0 Å². The molecule has 1 heterocycles. The summed E-state index contributed by atoms with van der Waals surface area (Å²) in [5.74, 6) is 1.24. The van der Waals surface area contributed by atoms with Crippen molar-refractivity contribution < 1.29 is 0 Å². The molecule has 0 aromatic heterocycles. The summed E-state index contributed by atoms with van der Waals surface area (Å²) in [6.07, 6.45) is 3.38. The average molecular weight is 189 g/mol. The van der Waals surface area contributed by atoms with Crippen molar-refractivity contribution in [2.75, 3.05) is 12.0 Å². The highest BCUT2D eigenvalue weighted by atomic mass is 32.2. The van der Waals surface area contributed by atoms with Crippen LogP contribution in [0.1, 0.15) is 20.3 Å². The van der Waals surface area contributed by atoms with Crippen LogP contribution in [0.15, 0.2) is 4.99 Å². The Bertz CT molecular complexity index is 156. The van der Waals surface area contributed by atoms with Gasteiger partial charge in [-0.1, -0.05) is 0 Å². The summed E-state index contributed by atoms with van der Waals surface area (Å²) in [7, 11) is 0. The standard InChI is InChI=1S/C8H15NS2/c1-6-7(2)11-8(9-6)4-5-10-3/h7-8H,4-5H2,1-3H3. The lowest BCUT2D eigenvalue weighted by Crippen LogP contribution is -2.02. The van der Waals surface area contributed by atoms with Crippen LogP contribution in [-0.2, 0) is 0 Å². The minimum absolute atomic E-state index is 0.553. The molecule has 0 N–H and O–H groups in total. The van der Waals surface area contributed by atoms with E-state index in [4.69, 9.17) is 0 Å². The van der Waals surface area contributed by atoms with Crippen LogP contribution in [0, 0.1) is 0 Å². The molecule has 1 rings (SSSR count). The van der Waals surface area contributed by atoms with E-state index in [9.17, 15) is 0 Å². The summed E-state index contributed by atoms with van der Waals surface area (Å²) < 4.78 is 0. The van der Waals surface area contributed by atoms with Gasteiger partial charge in [-0.25, -0.2) is 0 Å². The summed E-state index contributed by atoms with van der Waals surface area (Å²) in [5, 5.41) is 1.21. The molecule has 64 valence electrons. The number of hydrogen-bond donors (Lipinski definition) is 0. The summed E-state index contributed by atoms with van der Waals surface area (Å²) >= 11 is 3.90. The van der Waals surface area contributed by atoms with Crippen LogP contribution in [0.25, 0.3) is 0 Å². The second-order valence-electron chi connectivity index (χ2n) is 2.78. The van der Waals surface area contributed by atoms with E-state index < -0.39 is 0 Å². The minimum Gasteiger partial charge on any atom is -0.279 e. The van der Waals surface area contributed by atoms with Crippen molar-refractivity contribution >= 4 is 29.2 Å². The highest BCUT2D eigenvalue weighted by Gasteiger charge is 2.21. The van der Waals surface area contributed by atoms with Crippen molar-refractivity contribution in [2.45, 2.75) is 30.9 Å². The van der Waals surface area contributed by atoms with Crippen molar-refractivity contribution in [3.05, 3.63) is 0 Å². The van der Waals surface area contributed by atoms with E-state index in [-0.39, 0.29) is 0 Å². The number of nitrogens with zero attached hydrogens (tertiary/aromatic N) is 1. The number of hydrogen-bond acceptors (Lipinski definition) is 3. The molecule has 0 saturated heterocycles. The van der Waals surface area contributed by atoms with E-state index in [1.54, 1.807) is 0 Å². The van der Waals surface area contributed by atoms with Crippen LogP contribution < -0.4 is 0 Å². The van der Waals surface area contributed by atoms with Gasteiger partial charge in [0, 0.05) is 11.0 Å². The van der Waals surface area contributed by atoms with Crippen molar-refractivity contribution in [2.24, 2.45) is 4.99 Å². The highest BCUT2D eigenvalue weighted by Crippen LogP contribution is 2.29. The SMILES string of the molecule is CSCCC1N=C(C)C(C)S1. The lowest BCUT2D eigenvalue weighted by molar-refractivity contribution is 0.891. The van der Waals surface area contributed by atoms with Crippen molar-refractivity contribution in [1.82, 2.24) is 0 Å². The highest BCUT2D eigenvalue weighted by molar-refractivity contribution is 8.01. The smallest absolute Gasteiger partial charge is 0.0965 e. The molecule has 0 radical (unpaired) electrons. The monoisotopic (exact) mass is 189 g/mol. The predicted molar refractivity (Wildman–Crippen MR) is 56.9 cm³/mol. The van der Waals surface area contributed by atoms with Crippen LogP contribution in [-0.4, -0.2) is 28.3 Å². The lowest BCUT2D eigenvalue weighted by atomic mass is 10.3. The van der Waals surface area contributed by atoms with Gasteiger partial charge in [0.15, 0.2) is 0 Å². The van der Waals surface area contributed by atoms with Gasteiger partial charge in [0.25, 0.3) is 0 Å². The number of rotatable bonds is 3. The molecule has 2 unspecified atom stereocenters. The Labute approximate surface area is 77.4 Å². The van der Waals surface area contributed by atoms with Crippen LogP contribution in [0.3, 0.4) is 0 Å². The molecule has 0 spiro atoms. The van der Waals surface area contributed by atoms with Crippen molar-refractivity contribution in [3.8, 4) is 0 Å². The van der Waals surface area contributed by atoms with Crippen LogP contribution in [0.2, 0.25) is 0 Å². The summed E-state index contributed by atoms with van der Waals surface area (Å²) in [6, 6.07) is 0. The molecule has 0 saturated carbocycles. The molecule has 0 amide bonds. The summed E-state index contributed by atoms with van der Waals surface area (Å²) in [5.41, 5.74) is 1.32. The zero-order chi connectivity index (χ0) is 8.27. The Morgan fingerprint density at radius 1 is 1.64 bits per heavy atom. The quantitative estimate of drug-likeness (QED) is 0.676. The van der Waals surface area contributed by atoms with Crippen LogP contribution in [0.5, 0.6) is 0 Å². The van der Waals surface area contributed by atoms with Gasteiger partial charge in [-0.05, 0) is 32.3 Å². The first-order chi connectivity index (χ1) is 5.24. The van der Waals surface area contributed by atoms with Gasteiger partial charge in [-0.2, -0.15) is 11.8 Å². The third kappa shape index (κ3) is 2.71. The maximum absolute atomic E-state index is 4.57. The molecule has 2 atom stereocenters. The molecule has 1 aliphatic heterocycles. The molecule has 11 heavy (non-hydrogen) atoms. The van der Waals surface area contributed by atoms with E-state index in [0.717, 1.165) is 0 Å². The first kappa shape index (κ1) is 9.46. The Kier molecular flexibility index (Phi) is 3.79. The van der Waals surface area contributed by atoms with E-state index in [2.05, 4.69) is 25.1 Å². The van der Waals surface area contributed by atoms with E-state index in [0.29, 0.717) is 10.6 Å². The maximum atomic E-state index is 4.57.